The monoisotopic (exact) mass is 383 g/mol. The summed E-state index contributed by atoms with van der Waals surface area (Å²) in [5.74, 6) is -0.339. The molecule has 2 aromatic rings. The van der Waals surface area contributed by atoms with Crippen molar-refractivity contribution in [3.8, 4) is 5.75 Å². The fourth-order valence-electron chi connectivity index (χ4n) is 2.22. The van der Waals surface area contributed by atoms with Gasteiger partial charge in [-0.25, -0.2) is 5.09 Å². The van der Waals surface area contributed by atoms with Gasteiger partial charge in [-0.15, -0.1) is 0 Å². The maximum absolute atomic E-state index is 12.3. The standard InChI is InChI=1S/C15H18N3O7P/c1-10(15(19)23-2)17-26(3,22)25-9-24-13-7-6-12(18(20)21)11-5-4-8-16-14(11)13/h4-8,10H,9H2,1-3H3,(H,17,22)/t10-,26?/m0/s1. The molecule has 0 fully saturated rings. The molecule has 1 heterocycles. The molecule has 0 aliphatic heterocycles. The van der Waals surface area contributed by atoms with Gasteiger partial charge in [-0.05, 0) is 25.1 Å². The number of aromatic nitrogens is 1. The number of methoxy groups -OCH3 is 1. The van der Waals surface area contributed by atoms with E-state index in [0.29, 0.717) is 5.39 Å². The fourth-order valence-corrected chi connectivity index (χ4v) is 3.35. The van der Waals surface area contributed by atoms with Gasteiger partial charge in [0.15, 0.2) is 6.79 Å². The van der Waals surface area contributed by atoms with E-state index in [9.17, 15) is 19.5 Å². The average molecular weight is 383 g/mol. The number of esters is 1. The van der Waals surface area contributed by atoms with Gasteiger partial charge in [0.1, 0.15) is 17.3 Å². The van der Waals surface area contributed by atoms with Gasteiger partial charge in [0.25, 0.3) is 13.2 Å². The lowest BCUT2D eigenvalue weighted by molar-refractivity contribution is -0.383. The molecule has 0 saturated heterocycles. The van der Waals surface area contributed by atoms with E-state index in [1.54, 1.807) is 12.1 Å². The Morgan fingerprint density at radius 3 is 2.81 bits per heavy atom. The lowest BCUT2D eigenvalue weighted by Crippen LogP contribution is -2.33. The Labute approximate surface area is 149 Å². The minimum Gasteiger partial charge on any atom is -0.468 e. The van der Waals surface area contributed by atoms with E-state index in [1.807, 2.05) is 0 Å². The Hall–Kier alpha value is -2.55. The molecule has 0 amide bonds. The summed E-state index contributed by atoms with van der Waals surface area (Å²) < 4.78 is 27.5. The summed E-state index contributed by atoms with van der Waals surface area (Å²) in [6.45, 7) is 2.38. The number of pyridine rings is 1. The molecule has 0 radical (unpaired) electrons. The van der Waals surface area contributed by atoms with Crippen molar-refractivity contribution in [2.24, 2.45) is 0 Å². The maximum atomic E-state index is 12.3. The second-order valence-corrected chi connectivity index (χ2v) is 7.56. The molecule has 0 aliphatic carbocycles. The highest BCUT2D eigenvalue weighted by Gasteiger charge is 2.24. The first-order valence-corrected chi connectivity index (χ1v) is 9.55. The summed E-state index contributed by atoms with van der Waals surface area (Å²) in [5.41, 5.74) is 0.184. The van der Waals surface area contributed by atoms with Crippen molar-refractivity contribution in [3.63, 3.8) is 0 Å². The van der Waals surface area contributed by atoms with Crippen molar-refractivity contribution in [2.45, 2.75) is 13.0 Å². The summed E-state index contributed by atoms with van der Waals surface area (Å²) in [7, 11) is -2.12. The SMILES string of the molecule is COC(=O)[C@H](C)NP(C)(=O)OCOc1ccc([N+](=O)[O-])c2cccnc12. The number of ether oxygens (including phenoxy) is 2. The Balaban J connectivity index is 2.08. The van der Waals surface area contributed by atoms with Crippen LogP contribution in [-0.2, 0) is 18.6 Å². The first-order chi connectivity index (χ1) is 12.2. The molecule has 11 heteroatoms. The van der Waals surface area contributed by atoms with Crippen molar-refractivity contribution < 1.29 is 28.3 Å². The summed E-state index contributed by atoms with van der Waals surface area (Å²) >= 11 is 0. The minimum absolute atomic E-state index is 0.101. The fraction of sp³-hybridized carbons (Fsp3) is 0.333. The molecule has 2 rings (SSSR count). The van der Waals surface area contributed by atoms with Crippen LogP contribution in [0.3, 0.4) is 0 Å². The van der Waals surface area contributed by atoms with E-state index in [4.69, 9.17) is 9.26 Å². The van der Waals surface area contributed by atoms with Crippen molar-refractivity contribution >= 4 is 30.1 Å². The number of rotatable bonds is 8. The first-order valence-electron chi connectivity index (χ1n) is 7.48. The number of nitrogens with one attached hydrogen (secondary N) is 1. The van der Waals surface area contributed by atoms with E-state index < -0.39 is 31.2 Å². The molecule has 1 unspecified atom stereocenters. The second kappa shape index (κ2) is 8.22. The number of nitro benzene ring substituents is 1. The van der Waals surface area contributed by atoms with Crippen LogP contribution in [0.15, 0.2) is 30.5 Å². The van der Waals surface area contributed by atoms with Gasteiger partial charge in [-0.1, -0.05) is 0 Å². The highest BCUT2D eigenvalue weighted by molar-refractivity contribution is 7.56. The zero-order valence-corrected chi connectivity index (χ0v) is 15.3. The summed E-state index contributed by atoms with van der Waals surface area (Å²) in [6, 6.07) is 4.99. The van der Waals surface area contributed by atoms with E-state index in [2.05, 4.69) is 14.8 Å². The Morgan fingerprint density at radius 2 is 2.15 bits per heavy atom. The van der Waals surface area contributed by atoms with Gasteiger partial charge in [0.05, 0.1) is 17.4 Å². The van der Waals surface area contributed by atoms with E-state index in [0.717, 1.165) is 0 Å². The first kappa shape index (κ1) is 19.8. The molecule has 1 N–H and O–H groups in total. The molecule has 26 heavy (non-hydrogen) atoms. The van der Waals surface area contributed by atoms with Gasteiger partial charge < -0.3 is 9.47 Å². The smallest absolute Gasteiger partial charge is 0.323 e. The van der Waals surface area contributed by atoms with Gasteiger partial charge in [0.2, 0.25) is 0 Å². The molecular formula is C15H18N3O7P. The number of nitrogens with zero attached hydrogens (tertiary/aromatic N) is 2. The van der Waals surface area contributed by atoms with Crippen molar-refractivity contribution in [2.75, 3.05) is 20.6 Å². The number of non-ortho nitro benzene ring substituents is 1. The molecule has 1 aromatic heterocycles. The Morgan fingerprint density at radius 1 is 1.42 bits per heavy atom. The normalized spacial score (nSPS) is 14.4. The number of carbonyl (C=O) groups excluding carboxylic acids is 1. The molecule has 1 aromatic carbocycles. The van der Waals surface area contributed by atoms with E-state index in [1.165, 1.54) is 39.0 Å². The van der Waals surface area contributed by atoms with Crippen molar-refractivity contribution in [1.29, 1.82) is 0 Å². The van der Waals surface area contributed by atoms with Crippen LogP contribution in [-0.4, -0.2) is 42.5 Å². The maximum Gasteiger partial charge on any atom is 0.323 e. The lowest BCUT2D eigenvalue weighted by Gasteiger charge is -2.19. The van der Waals surface area contributed by atoms with Crippen LogP contribution in [0, 0.1) is 10.1 Å². The van der Waals surface area contributed by atoms with Crippen LogP contribution in [0.25, 0.3) is 10.9 Å². The van der Waals surface area contributed by atoms with Crippen LogP contribution < -0.4 is 9.82 Å². The molecular weight excluding hydrogens is 365 g/mol. The van der Waals surface area contributed by atoms with Crippen LogP contribution in [0.2, 0.25) is 0 Å². The molecule has 2 atom stereocenters. The van der Waals surface area contributed by atoms with Gasteiger partial charge in [-0.2, -0.15) is 0 Å². The van der Waals surface area contributed by atoms with Crippen LogP contribution >= 0.6 is 7.52 Å². The molecule has 10 nitrogen and oxygen atoms in total. The van der Waals surface area contributed by atoms with Gasteiger partial charge in [0, 0.05) is 18.9 Å². The predicted molar refractivity (Wildman–Crippen MR) is 93.1 cm³/mol. The summed E-state index contributed by atoms with van der Waals surface area (Å²) in [5, 5.41) is 13.9. The quantitative estimate of drug-likeness (QED) is 0.240. The van der Waals surface area contributed by atoms with E-state index >= 15 is 0 Å². The summed E-state index contributed by atoms with van der Waals surface area (Å²) in [6.07, 6.45) is 1.48. The number of carbonyl (C=O) groups is 1. The highest BCUT2D eigenvalue weighted by Crippen LogP contribution is 2.38. The number of fused-ring (bicyclic) bond motifs is 1. The number of nitro groups is 1. The molecule has 0 saturated carbocycles. The predicted octanol–water partition coefficient (Wildman–Crippen LogP) is 2.47. The van der Waals surface area contributed by atoms with E-state index in [-0.39, 0.29) is 17.0 Å². The second-order valence-electron chi connectivity index (χ2n) is 5.35. The van der Waals surface area contributed by atoms with Crippen LogP contribution in [0.4, 0.5) is 5.69 Å². The van der Waals surface area contributed by atoms with Gasteiger partial charge in [-0.3, -0.25) is 29.0 Å². The zero-order chi connectivity index (χ0) is 19.3. The third-order valence-electron chi connectivity index (χ3n) is 3.40. The Kier molecular flexibility index (Phi) is 6.25. The topological polar surface area (TPSA) is 130 Å². The average Bonchev–Trinajstić information content (AvgIpc) is 2.60. The summed E-state index contributed by atoms with van der Waals surface area (Å²) in [4.78, 5) is 26.0. The number of benzene rings is 1. The van der Waals surface area contributed by atoms with Crippen molar-refractivity contribution in [3.05, 3.63) is 40.6 Å². The van der Waals surface area contributed by atoms with Crippen LogP contribution in [0.5, 0.6) is 5.75 Å². The van der Waals surface area contributed by atoms with Crippen LogP contribution in [0.1, 0.15) is 6.92 Å². The third kappa shape index (κ3) is 4.75. The number of hydrogen-bond acceptors (Lipinski definition) is 8. The molecule has 0 bridgehead atoms. The van der Waals surface area contributed by atoms with Gasteiger partial charge >= 0.3 is 5.97 Å². The minimum atomic E-state index is -3.34. The molecule has 0 aliphatic rings. The highest BCUT2D eigenvalue weighted by atomic mass is 31.2. The largest absolute Gasteiger partial charge is 0.468 e. The zero-order valence-electron chi connectivity index (χ0n) is 14.4. The third-order valence-corrected chi connectivity index (χ3v) is 4.86. The number of hydrogen-bond donors (Lipinski definition) is 1. The Bertz CT molecular complexity index is 873. The van der Waals surface area contributed by atoms with Crippen molar-refractivity contribution in [1.82, 2.24) is 10.1 Å². The molecule has 140 valence electrons. The molecule has 0 spiro atoms. The lowest BCUT2D eigenvalue weighted by atomic mass is 10.1.